The quantitative estimate of drug-likeness (QED) is 0.617. The van der Waals surface area contributed by atoms with Crippen molar-refractivity contribution in [3.8, 4) is 11.4 Å². The predicted molar refractivity (Wildman–Crippen MR) is 129 cm³/mol. The first-order valence-corrected chi connectivity index (χ1v) is 13.1. The van der Waals surface area contributed by atoms with Crippen LogP contribution in [0.4, 0.5) is 0 Å². The third-order valence-electron chi connectivity index (χ3n) is 9.25. The number of carboxylic acids is 1. The van der Waals surface area contributed by atoms with Gasteiger partial charge in [-0.25, -0.2) is 9.78 Å². The van der Waals surface area contributed by atoms with E-state index in [1.807, 2.05) is 18.2 Å². The first-order chi connectivity index (χ1) is 16.4. The van der Waals surface area contributed by atoms with Crippen molar-refractivity contribution in [1.82, 2.24) is 14.9 Å². The maximum Gasteiger partial charge on any atom is 0.326 e. The maximum absolute atomic E-state index is 13.6. The number of benzene rings is 1. The number of aliphatic carboxylic acids is 1. The average Bonchev–Trinajstić information content (AvgIpc) is 3.45. The van der Waals surface area contributed by atoms with Crippen molar-refractivity contribution in [1.29, 1.82) is 0 Å². The van der Waals surface area contributed by atoms with Gasteiger partial charge in [0.1, 0.15) is 17.6 Å². The lowest BCUT2D eigenvalue weighted by Gasteiger charge is -2.57. The highest BCUT2D eigenvalue weighted by molar-refractivity contribution is 5.97. The van der Waals surface area contributed by atoms with Crippen molar-refractivity contribution in [2.45, 2.75) is 77.2 Å². The van der Waals surface area contributed by atoms with Gasteiger partial charge in [-0.05, 0) is 99.9 Å². The standard InChI is InChI=1S/C28H35N3O3/c1-17-5-2-3-6-21(17)25-29-22(24(30-25)26(32)31-10-4-7-23(31)27(33)34)8-9-28-14-18-11-19(15-28)13-20(12-18)16-28/h2-3,5-6,18-20,23H,4,7-16H2,1H3,(H,29,30)(H,33,34)/t18?,19?,20?,23-,28?/m0/s1. The number of hydrogen-bond acceptors (Lipinski definition) is 3. The average molecular weight is 462 g/mol. The van der Waals surface area contributed by atoms with E-state index in [0.717, 1.165) is 53.8 Å². The van der Waals surface area contributed by atoms with Crippen LogP contribution in [0.1, 0.15) is 79.5 Å². The van der Waals surface area contributed by atoms with E-state index in [2.05, 4.69) is 18.0 Å². The van der Waals surface area contributed by atoms with Gasteiger partial charge in [0.25, 0.3) is 5.91 Å². The Bertz CT molecular complexity index is 1080. The number of carbonyl (C=O) groups excluding carboxylic acids is 1. The molecule has 180 valence electrons. The fraction of sp³-hybridized carbons (Fsp3) is 0.607. The number of nitrogens with one attached hydrogen (secondary N) is 1. The summed E-state index contributed by atoms with van der Waals surface area (Å²) in [6.45, 7) is 2.53. The Morgan fingerprint density at radius 1 is 1.12 bits per heavy atom. The zero-order valence-corrected chi connectivity index (χ0v) is 20.1. The summed E-state index contributed by atoms with van der Waals surface area (Å²) in [6, 6.07) is 7.32. The number of hydrogen-bond donors (Lipinski definition) is 2. The number of aryl methyl sites for hydroxylation is 2. The lowest BCUT2D eigenvalue weighted by molar-refractivity contribution is -0.141. The molecule has 4 aliphatic carbocycles. The fourth-order valence-corrected chi connectivity index (χ4v) is 8.12. The third kappa shape index (κ3) is 3.75. The number of H-pyrrole nitrogens is 1. The van der Waals surface area contributed by atoms with Crippen LogP contribution >= 0.6 is 0 Å². The Hall–Kier alpha value is -2.63. The van der Waals surface area contributed by atoms with E-state index in [1.54, 1.807) is 0 Å². The highest BCUT2D eigenvalue weighted by atomic mass is 16.4. The van der Waals surface area contributed by atoms with Crippen molar-refractivity contribution in [2.24, 2.45) is 23.2 Å². The fourth-order valence-electron chi connectivity index (χ4n) is 8.12. The van der Waals surface area contributed by atoms with Crippen LogP contribution < -0.4 is 0 Å². The number of amides is 1. The molecule has 1 atom stereocenters. The van der Waals surface area contributed by atoms with Gasteiger partial charge < -0.3 is 15.0 Å². The number of nitrogens with zero attached hydrogens (tertiary/aromatic N) is 2. The van der Waals surface area contributed by atoms with Crippen LogP contribution in [0.3, 0.4) is 0 Å². The molecule has 5 aliphatic rings. The van der Waals surface area contributed by atoms with Crippen molar-refractivity contribution in [2.75, 3.05) is 6.54 Å². The monoisotopic (exact) mass is 461 g/mol. The van der Waals surface area contributed by atoms with Crippen molar-refractivity contribution < 1.29 is 14.7 Å². The van der Waals surface area contributed by atoms with E-state index in [9.17, 15) is 14.7 Å². The lowest BCUT2D eigenvalue weighted by Crippen LogP contribution is -2.46. The SMILES string of the molecule is Cc1ccccc1-c1nc(C(=O)N2CCC[C@H]2C(=O)O)c(CCC23CC4CC(CC(C4)C2)C3)[nH]1. The van der Waals surface area contributed by atoms with E-state index >= 15 is 0 Å². The zero-order chi connectivity index (χ0) is 23.4. The molecular weight excluding hydrogens is 426 g/mol. The first kappa shape index (κ1) is 21.9. The smallest absolute Gasteiger partial charge is 0.326 e. The van der Waals surface area contributed by atoms with E-state index in [0.29, 0.717) is 29.9 Å². The number of carboxylic acid groups (broad SMARTS) is 1. The van der Waals surface area contributed by atoms with Gasteiger partial charge in [-0.1, -0.05) is 24.3 Å². The number of carbonyl (C=O) groups is 2. The molecule has 1 saturated heterocycles. The summed E-state index contributed by atoms with van der Waals surface area (Å²) in [5, 5.41) is 9.65. The van der Waals surface area contributed by atoms with E-state index < -0.39 is 12.0 Å². The van der Waals surface area contributed by atoms with Crippen LogP contribution in [0.25, 0.3) is 11.4 Å². The molecule has 5 fully saturated rings. The Labute approximate surface area is 201 Å². The van der Waals surface area contributed by atoms with E-state index in [1.165, 1.54) is 43.4 Å². The van der Waals surface area contributed by atoms with Crippen LogP contribution in [-0.4, -0.2) is 44.4 Å². The van der Waals surface area contributed by atoms with Crippen molar-refractivity contribution in [3.05, 3.63) is 41.2 Å². The van der Waals surface area contributed by atoms with Crippen LogP contribution in [-0.2, 0) is 11.2 Å². The maximum atomic E-state index is 13.6. The second-order valence-electron chi connectivity index (χ2n) is 11.6. The Kier molecular flexibility index (Phi) is 5.30. The lowest BCUT2D eigenvalue weighted by atomic mass is 9.48. The minimum Gasteiger partial charge on any atom is -0.480 e. The molecule has 2 heterocycles. The normalized spacial score (nSPS) is 31.9. The molecule has 7 rings (SSSR count). The van der Waals surface area contributed by atoms with E-state index in [-0.39, 0.29) is 5.91 Å². The second kappa shape index (κ2) is 8.24. The number of likely N-dealkylation sites (tertiary alicyclic amines) is 1. The van der Waals surface area contributed by atoms with E-state index in [4.69, 9.17) is 4.98 Å². The van der Waals surface area contributed by atoms with Gasteiger partial charge in [0, 0.05) is 17.8 Å². The summed E-state index contributed by atoms with van der Waals surface area (Å²) in [7, 11) is 0. The Balaban J connectivity index is 1.31. The summed E-state index contributed by atoms with van der Waals surface area (Å²) < 4.78 is 0. The van der Waals surface area contributed by atoms with Crippen LogP contribution in [0.5, 0.6) is 0 Å². The molecule has 6 nitrogen and oxygen atoms in total. The van der Waals surface area contributed by atoms with Crippen molar-refractivity contribution in [3.63, 3.8) is 0 Å². The van der Waals surface area contributed by atoms with Crippen molar-refractivity contribution >= 4 is 11.9 Å². The topological polar surface area (TPSA) is 86.3 Å². The second-order valence-corrected chi connectivity index (χ2v) is 11.6. The highest BCUT2D eigenvalue weighted by Crippen LogP contribution is 2.61. The number of aromatic amines is 1. The minimum atomic E-state index is -0.921. The van der Waals surface area contributed by atoms with Gasteiger partial charge in [0.15, 0.2) is 0 Å². The molecule has 4 bridgehead atoms. The Morgan fingerprint density at radius 3 is 2.44 bits per heavy atom. The molecule has 1 aromatic heterocycles. The molecule has 4 saturated carbocycles. The molecule has 0 radical (unpaired) electrons. The van der Waals surface area contributed by atoms with Gasteiger partial charge >= 0.3 is 5.97 Å². The zero-order valence-electron chi connectivity index (χ0n) is 20.1. The molecule has 2 aromatic rings. The number of rotatable bonds is 6. The molecular formula is C28H35N3O3. The molecule has 1 aromatic carbocycles. The molecule has 0 spiro atoms. The van der Waals surface area contributed by atoms with Gasteiger partial charge in [-0.2, -0.15) is 0 Å². The molecule has 2 N–H and O–H groups in total. The number of aromatic nitrogens is 2. The molecule has 1 amide bonds. The predicted octanol–water partition coefficient (Wildman–Crippen LogP) is 5.22. The summed E-state index contributed by atoms with van der Waals surface area (Å²) in [5.74, 6) is 2.26. The molecule has 1 aliphatic heterocycles. The van der Waals surface area contributed by atoms with Crippen LogP contribution in [0.2, 0.25) is 0 Å². The largest absolute Gasteiger partial charge is 0.480 e. The van der Waals surface area contributed by atoms with Crippen LogP contribution in [0, 0.1) is 30.1 Å². The molecule has 6 heteroatoms. The van der Waals surface area contributed by atoms with Gasteiger partial charge in [-0.3, -0.25) is 4.79 Å². The summed E-state index contributed by atoms with van der Waals surface area (Å²) in [5.41, 5.74) is 3.83. The van der Waals surface area contributed by atoms with Gasteiger partial charge in [0.05, 0.1) is 0 Å². The summed E-state index contributed by atoms with van der Waals surface area (Å²) in [4.78, 5) is 35.2. The van der Waals surface area contributed by atoms with Gasteiger partial charge in [-0.15, -0.1) is 0 Å². The van der Waals surface area contributed by atoms with Crippen LogP contribution in [0.15, 0.2) is 24.3 Å². The molecule has 0 unspecified atom stereocenters. The first-order valence-electron chi connectivity index (χ1n) is 13.1. The number of imidazole rings is 1. The summed E-state index contributed by atoms with van der Waals surface area (Å²) in [6.07, 6.45) is 11.4. The van der Waals surface area contributed by atoms with Gasteiger partial charge in [0.2, 0.25) is 0 Å². The third-order valence-corrected chi connectivity index (χ3v) is 9.25. The minimum absolute atomic E-state index is 0.235. The Morgan fingerprint density at radius 2 is 1.79 bits per heavy atom. The summed E-state index contributed by atoms with van der Waals surface area (Å²) >= 11 is 0. The highest BCUT2D eigenvalue weighted by Gasteiger charge is 2.50. The molecule has 34 heavy (non-hydrogen) atoms.